The minimum Gasteiger partial charge on any atom is -0.562 e. The van der Waals surface area contributed by atoms with Crippen molar-refractivity contribution in [2.75, 3.05) is 5.52 Å². The van der Waals surface area contributed by atoms with Crippen molar-refractivity contribution in [1.29, 1.82) is 0 Å². The minimum absolute atomic E-state index is 0. The summed E-state index contributed by atoms with van der Waals surface area (Å²) in [5.41, 5.74) is 0.169. The van der Waals surface area contributed by atoms with Crippen molar-refractivity contribution in [2.45, 2.75) is 21.7 Å². The van der Waals surface area contributed by atoms with Crippen LogP contribution in [0.25, 0.3) is 0 Å². The van der Waals surface area contributed by atoms with Crippen LogP contribution in [0.15, 0.2) is 0 Å². The molecular weight excluding hydrogens is 441 g/mol. The third kappa shape index (κ3) is 452. The summed E-state index contributed by atoms with van der Waals surface area (Å²) < 4.78 is 4.10. The van der Waals surface area contributed by atoms with E-state index in [1.54, 1.807) is 0 Å². The Kier molecular flexibility index (Phi) is 126. The molecule has 0 spiro atoms. The van der Waals surface area contributed by atoms with Gasteiger partial charge in [0.25, 0.3) is 5.09 Å². The minimum atomic E-state index is -1.58. The van der Waals surface area contributed by atoms with Gasteiger partial charge in [-0.3, -0.25) is 4.79 Å². The zero-order valence-corrected chi connectivity index (χ0v) is 14.5. The topological polar surface area (TPSA) is 130 Å². The SMILES string of the molecule is C.C.O=[N+]([O-])O.[Ag].[B]C.[B]C(=O)OCBr.[B]C(=O)[O-].[Na+]. The smallest absolute Gasteiger partial charge is 0.562 e. The van der Waals surface area contributed by atoms with E-state index in [1.807, 2.05) is 0 Å². The quantitative estimate of drug-likeness (QED) is 0.197. The number of hydrogen-bond donors (Lipinski definition) is 1. The number of ether oxygens (including phenoxy) is 1. The van der Waals surface area contributed by atoms with Crippen molar-refractivity contribution in [2.24, 2.45) is 0 Å². The maximum absolute atomic E-state index is 9.57. The van der Waals surface area contributed by atoms with E-state index in [0.717, 1.165) is 0 Å². The first-order valence-electron chi connectivity index (χ1n) is 3.09. The second-order valence-corrected chi connectivity index (χ2v) is 1.59. The van der Waals surface area contributed by atoms with Crippen molar-refractivity contribution in [1.82, 2.24) is 0 Å². The predicted octanol–water partition coefficient (Wildman–Crippen LogP) is -2.73. The van der Waals surface area contributed by atoms with Crippen LogP contribution in [0.4, 0.5) is 9.59 Å². The van der Waals surface area contributed by atoms with Gasteiger partial charge in [0.2, 0.25) is 13.7 Å². The summed E-state index contributed by atoms with van der Waals surface area (Å²) in [7, 11) is 12.9. The van der Waals surface area contributed by atoms with Crippen LogP contribution >= 0.6 is 15.9 Å². The number of carboxylic acid groups (broad SMARTS) is 1. The van der Waals surface area contributed by atoms with E-state index < -0.39 is 16.8 Å². The van der Waals surface area contributed by atoms with Gasteiger partial charge < -0.3 is 19.8 Å². The van der Waals surface area contributed by atoms with Crippen LogP contribution in [0.1, 0.15) is 14.9 Å². The third-order valence-corrected chi connectivity index (χ3v) is 0.426. The zero-order valence-electron chi connectivity index (χ0n) is 9.46. The first-order chi connectivity index (χ1) is 7.23. The summed E-state index contributed by atoms with van der Waals surface area (Å²) in [5, 5.41) is 22.3. The molecule has 0 fully saturated rings. The number of hydrogen-bond acceptors (Lipinski definition) is 6. The Balaban J connectivity index is -0.0000000158. The van der Waals surface area contributed by atoms with Crippen molar-refractivity contribution in [3.05, 3.63) is 10.1 Å². The van der Waals surface area contributed by atoms with Gasteiger partial charge in [-0.25, -0.2) is 0 Å². The molecule has 8 nitrogen and oxygen atoms in total. The van der Waals surface area contributed by atoms with Crippen molar-refractivity contribution >= 4 is 51.2 Å². The normalized spacial score (nSPS) is 4.90. The standard InChI is InChI=1S/C2H2BBrO2.CHBO2.CH3B.2CH4.Ag.HNO3.Na/c3-2(5)6-1-4;2-1(3)4;1-2;;;;2-1(3)4;/h1H2;(H,3,4);1H3;2*1H4;;(H,2,3,4);/q;;;;;;;+1/p-1. The molecule has 0 atom stereocenters. The molecule has 20 heavy (non-hydrogen) atoms. The number of alkyl halides is 1. The molecule has 0 aliphatic rings. The van der Waals surface area contributed by atoms with Crippen LogP contribution in [0.3, 0.4) is 0 Å². The van der Waals surface area contributed by atoms with Gasteiger partial charge in [0, 0.05) is 22.4 Å². The number of halogens is 1. The fourth-order valence-electron chi connectivity index (χ4n) is 0.0538. The molecule has 0 saturated heterocycles. The molecule has 0 saturated carbocycles. The molecule has 0 aromatic heterocycles. The van der Waals surface area contributed by atoms with Gasteiger partial charge in [0.05, 0.1) is 7.85 Å². The molecule has 0 rings (SSSR count). The molecule has 0 amide bonds. The molecule has 0 aliphatic heterocycles. The van der Waals surface area contributed by atoms with Crippen LogP contribution in [-0.4, -0.2) is 51.1 Å². The number of rotatable bonds is 1. The summed E-state index contributed by atoms with van der Waals surface area (Å²) in [6, 6.07) is 0. The second-order valence-electron chi connectivity index (χ2n) is 1.13. The summed E-state index contributed by atoms with van der Waals surface area (Å²) in [4.78, 5) is 26.6. The molecule has 14 heteroatoms. The second kappa shape index (κ2) is 50.4. The maximum Gasteiger partial charge on any atom is 1.00 e. The first kappa shape index (κ1) is 49.9. The Bertz CT molecular complexity index is 187. The fourth-order valence-corrected chi connectivity index (χ4v) is 0.279. The zero-order chi connectivity index (χ0) is 14.1. The van der Waals surface area contributed by atoms with Crippen LogP contribution < -0.4 is 34.7 Å². The molecule has 113 valence electrons. The average molecular weight is 455 g/mol. The fraction of sp³-hybridized carbons (Fsp3) is 0.667. The van der Waals surface area contributed by atoms with Crippen LogP contribution in [-0.2, 0) is 27.1 Å². The maximum atomic E-state index is 9.57. The predicted molar refractivity (Wildman–Crippen MR) is 71.0 cm³/mol. The molecular formula is C6H14AgB3BrNNaO7. The monoisotopic (exact) mass is 454 g/mol. The van der Waals surface area contributed by atoms with Gasteiger partial charge in [-0.05, 0) is 21.8 Å². The van der Waals surface area contributed by atoms with Crippen LogP contribution in [0.5, 0.6) is 0 Å². The number of carbonyl (C=O) groups is 2. The van der Waals surface area contributed by atoms with E-state index in [0.29, 0.717) is 0 Å². The van der Waals surface area contributed by atoms with E-state index in [-0.39, 0.29) is 72.3 Å². The average Bonchev–Trinajstić information content (AvgIpc) is 2.05. The molecule has 0 aliphatic carbocycles. The molecule has 0 aromatic carbocycles. The molecule has 0 aromatic rings. The van der Waals surface area contributed by atoms with Crippen molar-refractivity contribution in [3.63, 3.8) is 0 Å². The molecule has 7 radical (unpaired) electrons. The summed E-state index contributed by atoms with van der Waals surface area (Å²) in [5.74, 6) is -2.34. The summed E-state index contributed by atoms with van der Waals surface area (Å²) in [6.07, 6.45) is 0. The van der Waals surface area contributed by atoms with E-state index in [2.05, 4.69) is 44.2 Å². The third-order valence-electron chi connectivity index (χ3n) is 0.197. The largest absolute Gasteiger partial charge is 1.00 e. The molecule has 0 bridgehead atoms. The summed E-state index contributed by atoms with van der Waals surface area (Å²) in [6.45, 7) is 1.50. The van der Waals surface area contributed by atoms with Gasteiger partial charge in [0.1, 0.15) is 13.4 Å². The van der Waals surface area contributed by atoms with Gasteiger partial charge in [-0.2, -0.15) is 0 Å². The van der Waals surface area contributed by atoms with Gasteiger partial charge in [0.15, 0.2) is 0 Å². The van der Waals surface area contributed by atoms with Crippen LogP contribution in [0.2, 0.25) is 6.82 Å². The summed E-state index contributed by atoms with van der Waals surface area (Å²) >= 11 is 2.83. The van der Waals surface area contributed by atoms with E-state index in [9.17, 15) is 4.79 Å². The van der Waals surface area contributed by atoms with Gasteiger partial charge in [-0.1, -0.05) is 21.7 Å². The Morgan fingerprint density at radius 2 is 1.45 bits per heavy atom. The Hall–Kier alpha value is 0.555. The Labute approximate surface area is 169 Å². The molecule has 0 unspecified atom stereocenters. The number of carbonyl (C=O) groups excluding carboxylic acids is 2. The van der Waals surface area contributed by atoms with Crippen LogP contribution in [0, 0.1) is 10.1 Å². The van der Waals surface area contributed by atoms with E-state index in [1.165, 1.54) is 6.82 Å². The van der Waals surface area contributed by atoms with E-state index >= 15 is 0 Å². The van der Waals surface area contributed by atoms with Gasteiger partial charge >= 0.3 is 29.6 Å². The molecule has 1 N–H and O–H groups in total. The number of nitrogens with zero attached hydrogens (tertiary/aromatic N) is 1. The Morgan fingerprint density at radius 3 is 1.45 bits per heavy atom. The Morgan fingerprint density at radius 1 is 1.30 bits per heavy atom. The van der Waals surface area contributed by atoms with Crippen molar-refractivity contribution < 1.29 is 81.7 Å². The van der Waals surface area contributed by atoms with Gasteiger partial charge in [-0.15, -0.1) is 10.1 Å². The first-order valence-corrected chi connectivity index (χ1v) is 4.21. The van der Waals surface area contributed by atoms with E-state index in [4.69, 9.17) is 25.2 Å². The van der Waals surface area contributed by atoms with Crippen molar-refractivity contribution in [3.8, 4) is 0 Å². The molecule has 0 heterocycles.